The van der Waals surface area contributed by atoms with Gasteiger partial charge in [-0.15, -0.1) is 11.8 Å². The van der Waals surface area contributed by atoms with Crippen LogP contribution in [-0.4, -0.2) is 45.8 Å². The number of aliphatic imine (C=N–C) groups is 1. The highest BCUT2D eigenvalue weighted by Crippen LogP contribution is 2.33. The number of carbonyl (C=O) groups excluding carboxylic acids is 1. The van der Waals surface area contributed by atoms with Crippen LogP contribution in [0, 0.1) is 11.7 Å². The average Bonchev–Trinajstić information content (AvgIpc) is 3.62. The summed E-state index contributed by atoms with van der Waals surface area (Å²) in [4.78, 5) is 20.0. The Morgan fingerprint density at radius 1 is 1.19 bits per heavy atom. The number of furan rings is 1. The van der Waals surface area contributed by atoms with Gasteiger partial charge in [0.15, 0.2) is 5.11 Å². The van der Waals surface area contributed by atoms with Crippen LogP contribution in [0.15, 0.2) is 70.3 Å². The molecule has 2 aliphatic heterocycles. The van der Waals surface area contributed by atoms with E-state index in [1.54, 1.807) is 48.4 Å². The molecule has 1 atom stereocenters. The Labute approximate surface area is 229 Å². The molecule has 2 aromatic carbocycles. The number of benzene rings is 2. The molecule has 1 fully saturated rings. The molecule has 0 bridgehead atoms. The third kappa shape index (κ3) is 6.34. The molecule has 5 rings (SSSR count). The fourth-order valence-electron chi connectivity index (χ4n) is 4.48. The van der Waals surface area contributed by atoms with Crippen molar-refractivity contribution in [2.24, 2.45) is 10.9 Å². The molecule has 0 aliphatic carbocycles. The van der Waals surface area contributed by atoms with Gasteiger partial charge in [0, 0.05) is 41.0 Å². The third-order valence-corrected chi connectivity index (χ3v) is 8.37. The summed E-state index contributed by atoms with van der Waals surface area (Å²) < 4.78 is 19.4. The van der Waals surface area contributed by atoms with Crippen molar-refractivity contribution in [3.63, 3.8) is 0 Å². The number of thioether (sulfide) groups is 1. The van der Waals surface area contributed by atoms with Crippen molar-refractivity contribution in [3.05, 3.63) is 77.5 Å². The quantitative estimate of drug-likeness (QED) is 0.364. The van der Waals surface area contributed by atoms with Crippen LogP contribution in [0.5, 0.6) is 0 Å². The summed E-state index contributed by atoms with van der Waals surface area (Å²) in [6.07, 6.45) is 3.51. The van der Waals surface area contributed by atoms with Crippen LogP contribution in [0.4, 0.5) is 10.1 Å². The average molecular weight is 557 g/mol. The molecule has 0 spiro atoms. The lowest BCUT2D eigenvalue weighted by molar-refractivity contribution is -0.116. The standard InChI is InChI=1S/C27H26ClFN4O2S2/c28-19-5-3-17(4-6-19)22-14-20(29)7-8-23(22)31-25(34)24-16-37-26(32-24)18-9-11-33(12-10-18)27(36)30-15-21-2-1-13-35-21/h1-8,13-14,18,24H,9-12,15-16H2,(H,30,36)(H,31,34). The molecule has 6 nitrogen and oxygen atoms in total. The molecule has 1 aromatic heterocycles. The molecule has 2 N–H and O–H groups in total. The number of piperidine rings is 1. The molecule has 3 heterocycles. The van der Waals surface area contributed by atoms with Crippen molar-refractivity contribution in [2.45, 2.75) is 25.4 Å². The van der Waals surface area contributed by atoms with Crippen molar-refractivity contribution in [2.75, 3.05) is 24.2 Å². The van der Waals surface area contributed by atoms with E-state index >= 15 is 0 Å². The highest BCUT2D eigenvalue weighted by atomic mass is 35.5. The highest BCUT2D eigenvalue weighted by molar-refractivity contribution is 8.14. The number of hydrogen-bond acceptors (Lipinski definition) is 5. The summed E-state index contributed by atoms with van der Waals surface area (Å²) in [6.45, 7) is 2.25. The Morgan fingerprint density at radius 2 is 1.97 bits per heavy atom. The number of hydrogen-bond donors (Lipinski definition) is 2. The molecule has 0 saturated carbocycles. The molecule has 0 radical (unpaired) electrons. The van der Waals surface area contributed by atoms with E-state index in [0.717, 1.165) is 47.4 Å². The fourth-order valence-corrected chi connectivity index (χ4v) is 6.09. The molecule has 37 heavy (non-hydrogen) atoms. The van der Waals surface area contributed by atoms with Gasteiger partial charge in [0.1, 0.15) is 17.6 Å². The summed E-state index contributed by atoms with van der Waals surface area (Å²) in [5.74, 6) is 1.20. The lowest BCUT2D eigenvalue weighted by Crippen LogP contribution is -2.44. The topological polar surface area (TPSA) is 69.9 Å². The second kappa shape index (κ2) is 11.7. The van der Waals surface area contributed by atoms with Crippen LogP contribution in [0.3, 0.4) is 0 Å². The SMILES string of the molecule is O=C(Nc1ccc(F)cc1-c1ccc(Cl)cc1)C1CSC(C2CCN(C(=S)NCc3ccco3)CC2)=N1. The first-order valence-electron chi connectivity index (χ1n) is 12.1. The van der Waals surface area contributed by atoms with Crippen LogP contribution in [0.2, 0.25) is 5.02 Å². The third-order valence-electron chi connectivity index (χ3n) is 6.49. The van der Waals surface area contributed by atoms with Crippen LogP contribution >= 0.6 is 35.6 Å². The number of thiocarbonyl (C=S) groups is 1. The normalized spacial score (nSPS) is 17.9. The van der Waals surface area contributed by atoms with E-state index in [2.05, 4.69) is 15.5 Å². The number of anilines is 1. The lowest BCUT2D eigenvalue weighted by Gasteiger charge is -2.33. The molecule has 1 unspecified atom stereocenters. The first-order chi connectivity index (χ1) is 18.0. The summed E-state index contributed by atoms with van der Waals surface area (Å²) >= 11 is 13.2. The minimum Gasteiger partial charge on any atom is -0.467 e. The lowest BCUT2D eigenvalue weighted by atomic mass is 9.98. The zero-order valence-corrected chi connectivity index (χ0v) is 22.3. The van der Waals surface area contributed by atoms with Crippen molar-refractivity contribution < 1.29 is 13.6 Å². The maximum Gasteiger partial charge on any atom is 0.250 e. The van der Waals surface area contributed by atoms with Crippen molar-refractivity contribution in [1.82, 2.24) is 10.2 Å². The Hall–Kier alpha value is -2.88. The fraction of sp³-hybridized carbons (Fsp3) is 0.296. The van der Waals surface area contributed by atoms with Gasteiger partial charge in [-0.1, -0.05) is 23.7 Å². The number of nitrogens with zero attached hydrogens (tertiary/aromatic N) is 2. The van der Waals surface area contributed by atoms with E-state index in [1.165, 1.54) is 12.1 Å². The summed E-state index contributed by atoms with van der Waals surface area (Å²) in [5.41, 5.74) is 1.92. The van der Waals surface area contributed by atoms with Gasteiger partial charge in [0.2, 0.25) is 5.91 Å². The number of rotatable bonds is 6. The Balaban J connectivity index is 1.17. The van der Waals surface area contributed by atoms with E-state index in [9.17, 15) is 9.18 Å². The van der Waals surface area contributed by atoms with Crippen LogP contribution < -0.4 is 10.6 Å². The van der Waals surface area contributed by atoms with E-state index in [4.69, 9.17) is 33.2 Å². The van der Waals surface area contributed by atoms with Crippen LogP contribution in [-0.2, 0) is 11.3 Å². The van der Waals surface area contributed by atoms with E-state index in [1.807, 2.05) is 12.1 Å². The number of amides is 1. The molecular weight excluding hydrogens is 531 g/mol. The first-order valence-corrected chi connectivity index (χ1v) is 13.9. The second-order valence-corrected chi connectivity index (χ2v) is 10.8. The van der Waals surface area contributed by atoms with Crippen LogP contribution in [0.1, 0.15) is 18.6 Å². The van der Waals surface area contributed by atoms with Gasteiger partial charge in [-0.05, 0) is 73.1 Å². The minimum absolute atomic E-state index is 0.190. The largest absolute Gasteiger partial charge is 0.467 e. The Kier molecular flexibility index (Phi) is 8.12. The van der Waals surface area contributed by atoms with Gasteiger partial charge in [0.05, 0.1) is 17.9 Å². The summed E-state index contributed by atoms with van der Waals surface area (Å²) in [6, 6.07) is 14.7. The van der Waals surface area contributed by atoms with Crippen molar-refractivity contribution in [3.8, 4) is 11.1 Å². The number of nitrogens with one attached hydrogen (secondary N) is 2. The van der Waals surface area contributed by atoms with Gasteiger partial charge in [-0.3, -0.25) is 9.79 Å². The van der Waals surface area contributed by atoms with E-state index in [-0.39, 0.29) is 11.7 Å². The van der Waals surface area contributed by atoms with Gasteiger partial charge in [-0.2, -0.15) is 0 Å². The van der Waals surface area contributed by atoms with Gasteiger partial charge in [0.25, 0.3) is 0 Å². The predicted molar refractivity (Wildman–Crippen MR) is 152 cm³/mol. The van der Waals surface area contributed by atoms with Gasteiger partial charge in [-0.25, -0.2) is 4.39 Å². The maximum atomic E-state index is 14.0. The monoisotopic (exact) mass is 556 g/mol. The Morgan fingerprint density at radius 3 is 2.70 bits per heavy atom. The molecule has 192 valence electrons. The number of likely N-dealkylation sites (tertiary alicyclic amines) is 1. The minimum atomic E-state index is -0.475. The molecular formula is C27H26ClFN4O2S2. The maximum absolute atomic E-state index is 14.0. The number of carbonyl (C=O) groups is 1. The van der Waals surface area contributed by atoms with Crippen molar-refractivity contribution in [1.29, 1.82) is 0 Å². The molecule has 1 amide bonds. The van der Waals surface area contributed by atoms with Crippen molar-refractivity contribution >= 4 is 57.3 Å². The van der Waals surface area contributed by atoms with Gasteiger partial charge < -0.3 is 20.0 Å². The Bertz CT molecular complexity index is 1290. The summed E-state index contributed by atoms with van der Waals surface area (Å²) in [5, 5.41) is 8.57. The molecule has 1 saturated heterocycles. The molecule has 3 aromatic rings. The summed E-state index contributed by atoms with van der Waals surface area (Å²) in [7, 11) is 0. The van der Waals surface area contributed by atoms with E-state index in [0.29, 0.717) is 34.5 Å². The highest BCUT2D eigenvalue weighted by Gasteiger charge is 2.32. The predicted octanol–water partition coefficient (Wildman–Crippen LogP) is 5.98. The van der Waals surface area contributed by atoms with Crippen LogP contribution in [0.25, 0.3) is 11.1 Å². The second-order valence-electron chi connectivity index (χ2n) is 8.98. The molecule has 2 aliphatic rings. The van der Waals surface area contributed by atoms with Gasteiger partial charge >= 0.3 is 0 Å². The van der Waals surface area contributed by atoms with E-state index < -0.39 is 6.04 Å². The smallest absolute Gasteiger partial charge is 0.250 e. The zero-order chi connectivity index (χ0) is 25.8. The first kappa shape index (κ1) is 25.8. The zero-order valence-electron chi connectivity index (χ0n) is 20.0. The number of halogens is 2. The molecule has 10 heteroatoms.